The predicted octanol–water partition coefficient (Wildman–Crippen LogP) is 4.79. The first kappa shape index (κ1) is 17.5. The van der Waals surface area contributed by atoms with Crippen molar-refractivity contribution in [3.63, 3.8) is 0 Å². The van der Waals surface area contributed by atoms with Crippen molar-refractivity contribution in [1.29, 1.82) is 0 Å². The summed E-state index contributed by atoms with van der Waals surface area (Å²) in [6, 6.07) is 3.04. The summed E-state index contributed by atoms with van der Waals surface area (Å²) in [7, 11) is -2.60. The third-order valence-electron chi connectivity index (χ3n) is 3.71. The van der Waals surface area contributed by atoms with Crippen molar-refractivity contribution in [3.05, 3.63) is 29.3 Å². The van der Waals surface area contributed by atoms with E-state index in [1.807, 2.05) is 20.8 Å². The lowest BCUT2D eigenvalue weighted by Crippen LogP contribution is -2.44. The standard InChI is InChI=1S/C14H19F3O3Si/c1-13(2,3)21(4,5)20-11-9(12(18)19)7-6-8-10(11)14(15,16)17/h6-8H,1-5H3,(H,18,19). The van der Waals surface area contributed by atoms with E-state index in [-0.39, 0.29) is 5.04 Å². The summed E-state index contributed by atoms with van der Waals surface area (Å²) >= 11 is 0. The molecule has 0 aliphatic carbocycles. The Labute approximate surface area is 122 Å². The molecule has 1 N–H and O–H groups in total. The van der Waals surface area contributed by atoms with E-state index < -0.39 is 37.3 Å². The van der Waals surface area contributed by atoms with Crippen LogP contribution >= 0.6 is 0 Å². The molecule has 0 aliphatic heterocycles. The van der Waals surface area contributed by atoms with Gasteiger partial charge in [0.05, 0.1) is 5.56 Å². The molecule has 0 unspecified atom stereocenters. The van der Waals surface area contributed by atoms with E-state index in [1.165, 1.54) is 0 Å². The topological polar surface area (TPSA) is 46.5 Å². The first-order chi connectivity index (χ1) is 9.27. The lowest BCUT2D eigenvalue weighted by Gasteiger charge is -2.37. The Kier molecular flexibility index (Phi) is 4.48. The van der Waals surface area contributed by atoms with Crippen LogP contribution in [0, 0.1) is 0 Å². The van der Waals surface area contributed by atoms with Crippen LogP contribution < -0.4 is 4.43 Å². The van der Waals surface area contributed by atoms with E-state index in [0.717, 1.165) is 18.2 Å². The molecular weight excluding hydrogens is 301 g/mol. The zero-order chi connectivity index (χ0) is 16.6. The molecule has 118 valence electrons. The highest BCUT2D eigenvalue weighted by Gasteiger charge is 2.43. The number of halogens is 3. The van der Waals surface area contributed by atoms with Gasteiger partial charge in [0.1, 0.15) is 11.3 Å². The minimum absolute atomic E-state index is 0.346. The number of carboxylic acid groups (broad SMARTS) is 1. The van der Waals surface area contributed by atoms with E-state index >= 15 is 0 Å². The minimum Gasteiger partial charge on any atom is -0.543 e. The lowest BCUT2D eigenvalue weighted by molar-refractivity contribution is -0.138. The summed E-state index contributed by atoms with van der Waals surface area (Å²) in [4.78, 5) is 11.2. The third kappa shape index (κ3) is 3.78. The second-order valence-corrected chi connectivity index (χ2v) is 11.1. The molecule has 1 aromatic rings. The van der Waals surface area contributed by atoms with Gasteiger partial charge in [0.2, 0.25) is 0 Å². The molecule has 0 aromatic heterocycles. The summed E-state index contributed by atoms with van der Waals surface area (Å²) in [5.74, 6) is -2.01. The van der Waals surface area contributed by atoms with Crippen LogP contribution in [0.1, 0.15) is 36.7 Å². The zero-order valence-electron chi connectivity index (χ0n) is 12.6. The number of hydrogen-bond donors (Lipinski definition) is 1. The highest BCUT2D eigenvalue weighted by molar-refractivity contribution is 6.74. The van der Waals surface area contributed by atoms with E-state index in [4.69, 9.17) is 9.53 Å². The van der Waals surface area contributed by atoms with Gasteiger partial charge >= 0.3 is 12.1 Å². The first-order valence-electron chi connectivity index (χ1n) is 6.40. The fourth-order valence-electron chi connectivity index (χ4n) is 1.45. The third-order valence-corrected chi connectivity index (χ3v) is 8.04. The molecule has 0 atom stereocenters. The summed E-state index contributed by atoms with van der Waals surface area (Å²) in [6.07, 6.45) is -4.66. The maximum Gasteiger partial charge on any atom is 0.419 e. The molecule has 1 aromatic carbocycles. The fourth-order valence-corrected chi connectivity index (χ4v) is 2.48. The maximum atomic E-state index is 13.1. The van der Waals surface area contributed by atoms with Crippen LogP contribution in [0.5, 0.6) is 5.75 Å². The first-order valence-corrected chi connectivity index (χ1v) is 9.31. The highest BCUT2D eigenvalue weighted by Crippen LogP contribution is 2.43. The number of carboxylic acids is 1. The number of carbonyl (C=O) groups is 1. The summed E-state index contributed by atoms with van der Waals surface area (Å²) < 4.78 is 45.0. The minimum atomic E-state index is -4.66. The Bertz CT molecular complexity index is 545. The van der Waals surface area contributed by atoms with Crippen LogP contribution in [0.2, 0.25) is 18.1 Å². The molecule has 0 aliphatic rings. The molecule has 0 radical (unpaired) electrons. The molecule has 0 fully saturated rings. The Hall–Kier alpha value is -1.50. The van der Waals surface area contributed by atoms with Gasteiger partial charge in [-0.1, -0.05) is 26.8 Å². The van der Waals surface area contributed by atoms with Crippen LogP contribution in [0.25, 0.3) is 0 Å². The van der Waals surface area contributed by atoms with Gasteiger partial charge in [-0.05, 0) is 30.3 Å². The average Bonchev–Trinajstić information content (AvgIpc) is 2.25. The predicted molar refractivity (Wildman–Crippen MR) is 76.2 cm³/mol. The normalized spacial score (nSPS) is 13.1. The van der Waals surface area contributed by atoms with Crippen molar-refractivity contribution >= 4 is 14.3 Å². The number of para-hydroxylation sites is 1. The SMILES string of the molecule is CC(C)(C)[Si](C)(C)Oc1c(C(=O)O)cccc1C(F)(F)F. The van der Waals surface area contributed by atoms with Crippen LogP contribution in [0.4, 0.5) is 13.2 Å². The quantitative estimate of drug-likeness (QED) is 0.815. The second kappa shape index (κ2) is 5.36. The summed E-state index contributed by atoms with van der Waals surface area (Å²) in [5, 5.41) is 8.78. The molecule has 0 spiro atoms. The number of alkyl halides is 3. The second-order valence-electron chi connectivity index (χ2n) is 6.35. The van der Waals surface area contributed by atoms with Crippen LogP contribution in [-0.4, -0.2) is 19.4 Å². The summed E-state index contributed by atoms with van der Waals surface area (Å²) in [6.45, 7) is 9.15. The molecule has 0 amide bonds. The Balaban J connectivity index is 3.49. The molecular formula is C14H19F3O3Si. The van der Waals surface area contributed by atoms with Crippen molar-refractivity contribution < 1.29 is 27.5 Å². The molecule has 21 heavy (non-hydrogen) atoms. The summed E-state index contributed by atoms with van der Waals surface area (Å²) in [5.41, 5.74) is -1.51. The molecule has 7 heteroatoms. The van der Waals surface area contributed by atoms with Crippen molar-refractivity contribution in [2.45, 2.75) is 45.1 Å². The maximum absolute atomic E-state index is 13.1. The van der Waals surface area contributed by atoms with Gasteiger partial charge in [-0.3, -0.25) is 0 Å². The molecule has 0 heterocycles. The lowest BCUT2D eigenvalue weighted by atomic mass is 10.1. The van der Waals surface area contributed by atoms with E-state index in [2.05, 4.69) is 0 Å². The van der Waals surface area contributed by atoms with E-state index in [1.54, 1.807) is 13.1 Å². The highest BCUT2D eigenvalue weighted by atomic mass is 28.4. The molecule has 3 nitrogen and oxygen atoms in total. The van der Waals surface area contributed by atoms with Crippen LogP contribution in [0.3, 0.4) is 0 Å². The Morgan fingerprint density at radius 1 is 1.19 bits per heavy atom. The monoisotopic (exact) mass is 320 g/mol. The van der Waals surface area contributed by atoms with Gasteiger partial charge < -0.3 is 9.53 Å². The molecule has 0 saturated heterocycles. The average molecular weight is 320 g/mol. The van der Waals surface area contributed by atoms with E-state index in [0.29, 0.717) is 0 Å². The van der Waals surface area contributed by atoms with Gasteiger partial charge in [-0.2, -0.15) is 13.2 Å². The Morgan fingerprint density at radius 3 is 2.10 bits per heavy atom. The van der Waals surface area contributed by atoms with Gasteiger partial charge in [-0.25, -0.2) is 4.79 Å². The van der Waals surface area contributed by atoms with Crippen molar-refractivity contribution in [3.8, 4) is 5.75 Å². The van der Waals surface area contributed by atoms with Crippen molar-refractivity contribution in [2.75, 3.05) is 0 Å². The van der Waals surface area contributed by atoms with Gasteiger partial charge in [0.15, 0.2) is 0 Å². The molecule has 0 saturated carbocycles. The van der Waals surface area contributed by atoms with Crippen molar-refractivity contribution in [1.82, 2.24) is 0 Å². The fraction of sp³-hybridized carbons (Fsp3) is 0.500. The van der Waals surface area contributed by atoms with Crippen LogP contribution in [-0.2, 0) is 6.18 Å². The van der Waals surface area contributed by atoms with Gasteiger partial charge in [0.25, 0.3) is 8.32 Å². The smallest absolute Gasteiger partial charge is 0.419 e. The van der Waals surface area contributed by atoms with E-state index in [9.17, 15) is 18.0 Å². The molecule has 0 bridgehead atoms. The number of hydrogen-bond acceptors (Lipinski definition) is 2. The largest absolute Gasteiger partial charge is 0.543 e. The number of rotatable bonds is 3. The van der Waals surface area contributed by atoms with Gasteiger partial charge in [-0.15, -0.1) is 0 Å². The number of aromatic carboxylic acids is 1. The number of benzene rings is 1. The molecule has 1 rings (SSSR count). The zero-order valence-corrected chi connectivity index (χ0v) is 13.6. The van der Waals surface area contributed by atoms with Gasteiger partial charge in [0, 0.05) is 0 Å². The Morgan fingerprint density at radius 2 is 1.71 bits per heavy atom. The van der Waals surface area contributed by atoms with Crippen molar-refractivity contribution in [2.24, 2.45) is 0 Å². The van der Waals surface area contributed by atoms with Crippen LogP contribution in [0.15, 0.2) is 18.2 Å².